The molecule has 6 rings (SSSR count). The van der Waals surface area contributed by atoms with E-state index in [1.165, 1.54) is 23.1 Å². The van der Waals surface area contributed by atoms with Crippen molar-refractivity contribution in [1.82, 2.24) is 15.2 Å². The van der Waals surface area contributed by atoms with Crippen molar-refractivity contribution in [3.8, 4) is 16.9 Å². The van der Waals surface area contributed by atoms with E-state index in [1.54, 1.807) is 34.3 Å². The molecule has 1 unspecified atom stereocenters. The number of hydrogen-bond acceptors (Lipinski definition) is 6. The molecule has 1 aliphatic carbocycles. The summed E-state index contributed by atoms with van der Waals surface area (Å²) >= 11 is 1.55. The van der Waals surface area contributed by atoms with E-state index in [9.17, 15) is 9.59 Å². The van der Waals surface area contributed by atoms with E-state index in [-0.39, 0.29) is 5.91 Å². The Hall–Kier alpha value is -4.30. The smallest absolute Gasteiger partial charge is 0.345 e. The second kappa shape index (κ2) is 10.2. The van der Waals surface area contributed by atoms with Gasteiger partial charge in [-0.3, -0.25) is 4.79 Å². The first-order valence-electron chi connectivity index (χ1n) is 12.7. The Morgan fingerprint density at radius 1 is 1.18 bits per heavy atom. The number of rotatable bonds is 6. The minimum Gasteiger partial charge on any atom is -0.422 e. The second-order valence-electron chi connectivity index (χ2n) is 9.47. The third kappa shape index (κ3) is 4.70. The minimum absolute atomic E-state index is 0.240. The van der Waals surface area contributed by atoms with Gasteiger partial charge in [0.05, 0.1) is 22.3 Å². The number of aryl methyl sites for hydroxylation is 1. The Balaban J connectivity index is 1.31. The molecule has 8 heteroatoms. The third-order valence-corrected chi connectivity index (χ3v) is 8.25. The van der Waals surface area contributed by atoms with Gasteiger partial charge in [0.1, 0.15) is 11.3 Å². The molecule has 5 aromatic rings. The van der Waals surface area contributed by atoms with Gasteiger partial charge in [-0.1, -0.05) is 49.7 Å². The molecule has 0 saturated carbocycles. The summed E-state index contributed by atoms with van der Waals surface area (Å²) in [5.74, 6) is 0.453. The van der Waals surface area contributed by atoms with E-state index in [0.29, 0.717) is 33.2 Å². The summed E-state index contributed by atoms with van der Waals surface area (Å²) in [6, 6.07) is 20.7. The Bertz CT molecular complexity index is 1710. The first-order valence-corrected chi connectivity index (χ1v) is 13.5. The summed E-state index contributed by atoms with van der Waals surface area (Å²) in [6.45, 7) is 2.22. The maximum absolute atomic E-state index is 12.9. The highest BCUT2D eigenvalue weighted by atomic mass is 32.1. The summed E-state index contributed by atoms with van der Waals surface area (Å²) in [5.41, 5.74) is 6.11. The van der Waals surface area contributed by atoms with Crippen LogP contribution in [0.2, 0.25) is 0 Å². The van der Waals surface area contributed by atoms with Crippen LogP contribution in [0.15, 0.2) is 87.2 Å². The van der Waals surface area contributed by atoms with Crippen molar-refractivity contribution in [2.45, 2.75) is 32.6 Å². The molecule has 3 aromatic heterocycles. The predicted octanol–water partition coefficient (Wildman–Crippen LogP) is 5.99. The topological polar surface area (TPSA) is 89.5 Å². The van der Waals surface area contributed by atoms with Crippen LogP contribution in [0.25, 0.3) is 27.9 Å². The summed E-state index contributed by atoms with van der Waals surface area (Å²) in [6.07, 6.45) is 7.72. The van der Waals surface area contributed by atoms with Crippen molar-refractivity contribution in [1.29, 1.82) is 0 Å². The van der Waals surface area contributed by atoms with Gasteiger partial charge in [0.25, 0.3) is 5.91 Å². The SMILES string of the molecule is CCC1CCc2sc(C(=O)NN=Cc3cn(-c4ccccc4)nc3-c3cc4ccccc4oc3=O)cc2C1. The van der Waals surface area contributed by atoms with Crippen molar-refractivity contribution in [2.24, 2.45) is 11.0 Å². The van der Waals surface area contributed by atoms with Gasteiger partial charge in [0.2, 0.25) is 0 Å². The van der Waals surface area contributed by atoms with Gasteiger partial charge in [0.15, 0.2) is 0 Å². The fourth-order valence-corrected chi connectivity index (χ4v) is 6.00. The number of benzene rings is 2. The lowest BCUT2D eigenvalue weighted by molar-refractivity contribution is 0.0959. The fraction of sp³-hybridized carbons (Fsp3) is 0.200. The van der Waals surface area contributed by atoms with Crippen molar-refractivity contribution in [3.05, 3.63) is 104 Å². The highest BCUT2D eigenvalue weighted by molar-refractivity contribution is 7.14. The molecule has 1 N–H and O–H groups in total. The normalized spacial score (nSPS) is 15.1. The van der Waals surface area contributed by atoms with Crippen molar-refractivity contribution in [3.63, 3.8) is 0 Å². The Kier molecular flexibility index (Phi) is 6.47. The second-order valence-corrected chi connectivity index (χ2v) is 10.6. The Labute approximate surface area is 223 Å². The molecule has 1 atom stereocenters. The van der Waals surface area contributed by atoms with Gasteiger partial charge in [-0.25, -0.2) is 14.9 Å². The summed E-state index contributed by atoms with van der Waals surface area (Å²) < 4.78 is 7.24. The predicted molar refractivity (Wildman–Crippen MR) is 150 cm³/mol. The number of para-hydroxylation sites is 2. The van der Waals surface area contributed by atoms with Gasteiger partial charge in [0, 0.05) is 22.0 Å². The van der Waals surface area contributed by atoms with Crippen molar-refractivity contribution < 1.29 is 9.21 Å². The number of aromatic nitrogens is 2. The number of fused-ring (bicyclic) bond motifs is 2. The molecule has 0 fully saturated rings. The van der Waals surface area contributed by atoms with E-state index < -0.39 is 5.63 Å². The lowest BCUT2D eigenvalue weighted by atomic mass is 9.87. The van der Waals surface area contributed by atoms with Crippen molar-refractivity contribution in [2.75, 3.05) is 0 Å². The lowest BCUT2D eigenvalue weighted by Crippen LogP contribution is -2.16. The van der Waals surface area contributed by atoms with Crippen LogP contribution in [-0.2, 0) is 12.8 Å². The zero-order valence-corrected chi connectivity index (χ0v) is 21.7. The number of hydrogen-bond donors (Lipinski definition) is 1. The van der Waals surface area contributed by atoms with E-state index in [2.05, 4.69) is 22.5 Å². The van der Waals surface area contributed by atoms with Crippen molar-refractivity contribution >= 4 is 34.4 Å². The third-order valence-electron chi connectivity index (χ3n) is 7.02. The monoisotopic (exact) mass is 522 g/mol. The molecular weight excluding hydrogens is 496 g/mol. The highest BCUT2D eigenvalue weighted by Gasteiger charge is 2.22. The Morgan fingerprint density at radius 3 is 2.84 bits per heavy atom. The summed E-state index contributed by atoms with van der Waals surface area (Å²) in [5, 5.41) is 9.72. The Morgan fingerprint density at radius 2 is 2.00 bits per heavy atom. The summed E-state index contributed by atoms with van der Waals surface area (Å²) in [4.78, 5) is 27.8. The molecule has 3 heterocycles. The van der Waals surface area contributed by atoms with Gasteiger partial charge < -0.3 is 4.42 Å². The summed E-state index contributed by atoms with van der Waals surface area (Å²) in [7, 11) is 0. The van der Waals surface area contributed by atoms with Gasteiger partial charge in [-0.05, 0) is 61.1 Å². The molecule has 7 nitrogen and oxygen atoms in total. The van der Waals surface area contributed by atoms with Crippen LogP contribution in [0.3, 0.4) is 0 Å². The average Bonchev–Trinajstić information content (AvgIpc) is 3.57. The number of carbonyl (C=O) groups excluding carboxylic acids is 1. The highest BCUT2D eigenvalue weighted by Crippen LogP contribution is 2.33. The quantitative estimate of drug-likeness (QED) is 0.169. The molecule has 0 spiro atoms. The molecule has 0 bridgehead atoms. The number of nitrogens with zero attached hydrogens (tertiary/aromatic N) is 3. The van der Waals surface area contributed by atoms with E-state index >= 15 is 0 Å². The first kappa shape index (κ1) is 24.1. The van der Waals surface area contributed by atoms with E-state index in [0.717, 1.165) is 30.3 Å². The molecule has 1 aliphatic rings. The van der Waals surface area contributed by atoms with Crippen LogP contribution in [0, 0.1) is 5.92 Å². The molecule has 1 amide bonds. The van der Waals surface area contributed by atoms with Gasteiger partial charge in [-0.15, -0.1) is 11.3 Å². The first-order chi connectivity index (χ1) is 18.6. The van der Waals surface area contributed by atoms with Crippen LogP contribution < -0.4 is 11.1 Å². The zero-order valence-electron chi connectivity index (χ0n) is 20.9. The van der Waals surface area contributed by atoms with Crippen LogP contribution in [0.4, 0.5) is 0 Å². The lowest BCUT2D eigenvalue weighted by Gasteiger charge is -2.19. The number of thiophene rings is 1. The zero-order chi connectivity index (χ0) is 26.1. The largest absolute Gasteiger partial charge is 0.422 e. The molecule has 38 heavy (non-hydrogen) atoms. The molecular formula is C30H26N4O3S. The maximum Gasteiger partial charge on any atom is 0.345 e. The minimum atomic E-state index is -0.491. The van der Waals surface area contributed by atoms with Crippen LogP contribution in [0.1, 0.15) is 45.4 Å². The van der Waals surface area contributed by atoms with Gasteiger partial charge in [-0.2, -0.15) is 10.2 Å². The van der Waals surface area contributed by atoms with E-state index in [1.807, 2.05) is 54.6 Å². The van der Waals surface area contributed by atoms with E-state index in [4.69, 9.17) is 4.42 Å². The molecule has 0 radical (unpaired) electrons. The molecule has 0 aliphatic heterocycles. The fourth-order valence-electron chi connectivity index (χ4n) is 4.91. The molecule has 2 aromatic carbocycles. The van der Waals surface area contributed by atoms with Gasteiger partial charge >= 0.3 is 5.63 Å². The number of hydrazone groups is 1. The molecule has 190 valence electrons. The number of amides is 1. The molecule has 0 saturated heterocycles. The number of carbonyl (C=O) groups is 1. The van der Waals surface area contributed by atoms with Crippen LogP contribution in [-0.4, -0.2) is 21.9 Å². The number of nitrogens with one attached hydrogen (secondary N) is 1. The average molecular weight is 523 g/mol. The maximum atomic E-state index is 12.9. The van der Waals surface area contributed by atoms with Crippen LogP contribution in [0.5, 0.6) is 0 Å². The standard InChI is InChI=1S/C30H26N4O3S/c1-2-19-12-13-26-21(14-19)16-27(38-26)29(35)32-31-17-22-18-34(23-9-4-3-5-10-23)33-28(22)24-15-20-8-6-7-11-25(20)37-30(24)36/h3-11,15-19H,2,12-14H2,1H3,(H,32,35). The van der Waals surface area contributed by atoms with Crippen LogP contribution >= 0.6 is 11.3 Å².